The Labute approximate surface area is 104 Å². The third kappa shape index (κ3) is 2.17. The van der Waals surface area contributed by atoms with E-state index in [0.717, 1.165) is 17.4 Å². The quantitative estimate of drug-likeness (QED) is 0.779. The van der Waals surface area contributed by atoms with E-state index in [1.54, 1.807) is 31.6 Å². The van der Waals surface area contributed by atoms with Gasteiger partial charge in [0.25, 0.3) is 0 Å². The molecule has 0 saturated carbocycles. The van der Waals surface area contributed by atoms with Crippen molar-refractivity contribution in [3.63, 3.8) is 0 Å². The standard InChI is InChI=1S/C13H12O3S/c1-15-12-5-10(7-14)11(6-13(12)16-2)9-3-4-17-8-9/h3-8H,1-2H3. The van der Waals surface area contributed by atoms with E-state index in [2.05, 4.69) is 0 Å². The van der Waals surface area contributed by atoms with Crippen LogP contribution in [0.2, 0.25) is 0 Å². The summed E-state index contributed by atoms with van der Waals surface area (Å²) in [4.78, 5) is 11.1. The van der Waals surface area contributed by atoms with Crippen molar-refractivity contribution in [2.24, 2.45) is 0 Å². The number of carbonyl (C=O) groups excluding carboxylic acids is 1. The van der Waals surface area contributed by atoms with Gasteiger partial charge < -0.3 is 9.47 Å². The van der Waals surface area contributed by atoms with Crippen LogP contribution < -0.4 is 9.47 Å². The largest absolute Gasteiger partial charge is 0.493 e. The molecule has 88 valence electrons. The van der Waals surface area contributed by atoms with Gasteiger partial charge in [0.2, 0.25) is 0 Å². The lowest BCUT2D eigenvalue weighted by Crippen LogP contribution is -1.94. The van der Waals surface area contributed by atoms with E-state index in [1.165, 1.54) is 0 Å². The van der Waals surface area contributed by atoms with Gasteiger partial charge in [-0.05, 0) is 40.1 Å². The lowest BCUT2D eigenvalue weighted by Gasteiger charge is -2.11. The Morgan fingerprint density at radius 2 is 1.88 bits per heavy atom. The lowest BCUT2D eigenvalue weighted by atomic mass is 10.0. The van der Waals surface area contributed by atoms with Crippen LogP contribution in [0.25, 0.3) is 11.1 Å². The third-order valence-corrected chi connectivity index (χ3v) is 3.20. The van der Waals surface area contributed by atoms with E-state index in [0.29, 0.717) is 17.1 Å². The summed E-state index contributed by atoms with van der Waals surface area (Å²) in [6.45, 7) is 0. The van der Waals surface area contributed by atoms with Gasteiger partial charge in [-0.25, -0.2) is 0 Å². The van der Waals surface area contributed by atoms with Crippen molar-refractivity contribution >= 4 is 17.6 Å². The molecule has 1 heterocycles. The highest BCUT2D eigenvalue weighted by molar-refractivity contribution is 7.08. The summed E-state index contributed by atoms with van der Waals surface area (Å²) < 4.78 is 10.4. The van der Waals surface area contributed by atoms with Gasteiger partial charge in [-0.3, -0.25) is 4.79 Å². The Hall–Kier alpha value is -1.81. The fourth-order valence-electron chi connectivity index (χ4n) is 1.66. The molecule has 0 unspecified atom stereocenters. The molecular formula is C13H12O3S. The van der Waals surface area contributed by atoms with Crippen molar-refractivity contribution in [2.75, 3.05) is 14.2 Å². The number of hydrogen-bond donors (Lipinski definition) is 0. The highest BCUT2D eigenvalue weighted by Crippen LogP contribution is 2.35. The molecule has 0 saturated heterocycles. The molecule has 0 aliphatic rings. The molecule has 4 heteroatoms. The van der Waals surface area contributed by atoms with Gasteiger partial charge in [-0.2, -0.15) is 11.3 Å². The summed E-state index contributed by atoms with van der Waals surface area (Å²) >= 11 is 1.59. The van der Waals surface area contributed by atoms with Crippen molar-refractivity contribution in [1.82, 2.24) is 0 Å². The van der Waals surface area contributed by atoms with Gasteiger partial charge >= 0.3 is 0 Å². The Morgan fingerprint density at radius 3 is 2.41 bits per heavy atom. The Bertz CT molecular complexity index is 518. The maximum Gasteiger partial charge on any atom is 0.161 e. The zero-order valence-electron chi connectivity index (χ0n) is 9.60. The van der Waals surface area contributed by atoms with Crippen LogP contribution in [0.15, 0.2) is 29.0 Å². The minimum Gasteiger partial charge on any atom is -0.493 e. The summed E-state index contributed by atoms with van der Waals surface area (Å²) in [7, 11) is 3.13. The van der Waals surface area contributed by atoms with E-state index in [1.807, 2.05) is 22.9 Å². The topological polar surface area (TPSA) is 35.5 Å². The third-order valence-electron chi connectivity index (χ3n) is 2.51. The molecule has 0 N–H and O–H groups in total. The van der Waals surface area contributed by atoms with Crippen LogP contribution in [0, 0.1) is 0 Å². The van der Waals surface area contributed by atoms with Gasteiger partial charge in [-0.1, -0.05) is 0 Å². The van der Waals surface area contributed by atoms with Crippen molar-refractivity contribution in [1.29, 1.82) is 0 Å². The molecule has 0 fully saturated rings. The smallest absolute Gasteiger partial charge is 0.161 e. The van der Waals surface area contributed by atoms with Crippen LogP contribution in [0.5, 0.6) is 11.5 Å². The number of carbonyl (C=O) groups is 1. The second-order valence-corrected chi connectivity index (χ2v) is 4.20. The minimum atomic E-state index is 0.563. The van der Waals surface area contributed by atoms with Crippen LogP contribution >= 0.6 is 11.3 Å². The first-order valence-corrected chi connectivity index (χ1v) is 5.98. The normalized spacial score (nSPS) is 10.0. The zero-order valence-corrected chi connectivity index (χ0v) is 10.4. The number of ether oxygens (including phenoxy) is 2. The van der Waals surface area contributed by atoms with Crippen LogP contribution in [-0.4, -0.2) is 20.5 Å². The Kier molecular flexibility index (Phi) is 3.44. The summed E-state index contributed by atoms with van der Waals surface area (Å²) in [6.07, 6.45) is 0.828. The van der Waals surface area contributed by atoms with E-state index in [4.69, 9.17) is 9.47 Å². The second-order valence-electron chi connectivity index (χ2n) is 3.42. The molecule has 2 rings (SSSR count). The van der Waals surface area contributed by atoms with Crippen molar-refractivity contribution < 1.29 is 14.3 Å². The monoisotopic (exact) mass is 248 g/mol. The molecule has 0 spiro atoms. The summed E-state index contributed by atoms with van der Waals surface area (Å²) in [5.74, 6) is 1.19. The van der Waals surface area contributed by atoms with Gasteiger partial charge in [-0.15, -0.1) is 0 Å². The molecule has 1 aromatic carbocycles. The minimum absolute atomic E-state index is 0.563. The number of hydrogen-bond acceptors (Lipinski definition) is 4. The summed E-state index contributed by atoms with van der Waals surface area (Å²) in [6, 6.07) is 5.49. The molecular weight excluding hydrogens is 236 g/mol. The number of aldehydes is 1. The summed E-state index contributed by atoms with van der Waals surface area (Å²) in [5, 5.41) is 3.97. The number of thiophene rings is 1. The van der Waals surface area contributed by atoms with Crippen molar-refractivity contribution in [2.45, 2.75) is 0 Å². The van der Waals surface area contributed by atoms with E-state index in [-0.39, 0.29) is 0 Å². The number of rotatable bonds is 4. The van der Waals surface area contributed by atoms with Crippen molar-refractivity contribution in [3.8, 4) is 22.6 Å². The molecule has 0 amide bonds. The Morgan fingerprint density at radius 1 is 1.18 bits per heavy atom. The van der Waals surface area contributed by atoms with Gasteiger partial charge in [0.15, 0.2) is 17.8 Å². The fraction of sp³-hybridized carbons (Fsp3) is 0.154. The molecule has 0 bridgehead atoms. The average Bonchev–Trinajstić information content (AvgIpc) is 2.90. The number of benzene rings is 1. The molecule has 17 heavy (non-hydrogen) atoms. The maximum absolute atomic E-state index is 11.1. The second kappa shape index (κ2) is 5.01. The van der Waals surface area contributed by atoms with Gasteiger partial charge in [0, 0.05) is 5.56 Å². The lowest BCUT2D eigenvalue weighted by molar-refractivity contribution is 0.112. The van der Waals surface area contributed by atoms with E-state index >= 15 is 0 Å². The molecule has 0 aliphatic carbocycles. The molecule has 1 aromatic heterocycles. The first-order valence-electron chi connectivity index (χ1n) is 5.04. The SMILES string of the molecule is COc1cc(C=O)c(-c2ccsc2)cc1OC. The van der Waals surface area contributed by atoms with Crippen molar-refractivity contribution in [3.05, 3.63) is 34.5 Å². The van der Waals surface area contributed by atoms with Crippen LogP contribution in [0.3, 0.4) is 0 Å². The summed E-state index contributed by atoms with van der Waals surface area (Å²) in [5.41, 5.74) is 2.47. The molecule has 3 nitrogen and oxygen atoms in total. The maximum atomic E-state index is 11.1. The molecule has 0 aliphatic heterocycles. The predicted molar refractivity (Wildman–Crippen MR) is 68.2 cm³/mol. The molecule has 0 radical (unpaired) electrons. The fourth-order valence-corrected chi connectivity index (χ4v) is 2.32. The van der Waals surface area contributed by atoms with Crippen LogP contribution in [-0.2, 0) is 0 Å². The molecule has 0 atom stereocenters. The van der Waals surface area contributed by atoms with E-state index in [9.17, 15) is 4.79 Å². The van der Waals surface area contributed by atoms with Gasteiger partial charge in [0.1, 0.15) is 0 Å². The van der Waals surface area contributed by atoms with Crippen LogP contribution in [0.4, 0.5) is 0 Å². The highest BCUT2D eigenvalue weighted by Gasteiger charge is 2.12. The first kappa shape index (κ1) is 11.7. The highest BCUT2D eigenvalue weighted by atomic mass is 32.1. The predicted octanol–water partition coefficient (Wildman–Crippen LogP) is 3.24. The zero-order chi connectivity index (χ0) is 12.3. The molecule has 2 aromatic rings. The Balaban J connectivity index is 2.62. The average molecular weight is 248 g/mol. The van der Waals surface area contributed by atoms with Crippen LogP contribution in [0.1, 0.15) is 10.4 Å². The first-order chi connectivity index (χ1) is 8.30. The number of methoxy groups -OCH3 is 2. The van der Waals surface area contributed by atoms with Gasteiger partial charge in [0.05, 0.1) is 14.2 Å². The van der Waals surface area contributed by atoms with E-state index < -0.39 is 0 Å².